The normalized spacial score (nSPS) is 30.3. The SMILES string of the molecule is CCOCCCC1(C#N)CCC(CC)C1. The van der Waals surface area contributed by atoms with Crippen LogP contribution in [0.25, 0.3) is 0 Å². The molecule has 0 N–H and O–H groups in total. The third-order valence-corrected chi connectivity index (χ3v) is 3.67. The van der Waals surface area contributed by atoms with Crippen LogP contribution in [0.2, 0.25) is 0 Å². The molecule has 2 nitrogen and oxygen atoms in total. The van der Waals surface area contributed by atoms with Gasteiger partial charge in [-0.05, 0) is 44.9 Å². The van der Waals surface area contributed by atoms with Crippen LogP contribution in [0.3, 0.4) is 0 Å². The van der Waals surface area contributed by atoms with Crippen molar-refractivity contribution in [3.8, 4) is 6.07 Å². The zero-order valence-electron chi connectivity index (χ0n) is 10.1. The molecule has 0 aromatic carbocycles. The molecule has 86 valence electrons. The topological polar surface area (TPSA) is 33.0 Å². The van der Waals surface area contributed by atoms with Crippen molar-refractivity contribution < 1.29 is 4.74 Å². The number of rotatable bonds is 6. The Morgan fingerprint density at radius 3 is 2.80 bits per heavy atom. The zero-order valence-corrected chi connectivity index (χ0v) is 10.1. The smallest absolute Gasteiger partial charge is 0.0689 e. The lowest BCUT2D eigenvalue weighted by Gasteiger charge is -2.20. The minimum absolute atomic E-state index is 0.0161. The first kappa shape index (κ1) is 12.5. The van der Waals surface area contributed by atoms with Crippen LogP contribution >= 0.6 is 0 Å². The molecule has 2 unspecified atom stereocenters. The summed E-state index contributed by atoms with van der Waals surface area (Å²) in [7, 11) is 0. The van der Waals surface area contributed by atoms with Crippen molar-refractivity contribution in [3.05, 3.63) is 0 Å². The van der Waals surface area contributed by atoms with Crippen molar-refractivity contribution in [2.24, 2.45) is 11.3 Å². The molecule has 1 aliphatic carbocycles. The van der Waals surface area contributed by atoms with Gasteiger partial charge in [0.05, 0.1) is 11.5 Å². The summed E-state index contributed by atoms with van der Waals surface area (Å²) >= 11 is 0. The first-order chi connectivity index (χ1) is 7.26. The Morgan fingerprint density at radius 1 is 1.47 bits per heavy atom. The highest BCUT2D eigenvalue weighted by Crippen LogP contribution is 2.45. The maximum atomic E-state index is 9.30. The molecule has 0 amide bonds. The summed E-state index contributed by atoms with van der Waals surface area (Å²) < 4.78 is 5.33. The van der Waals surface area contributed by atoms with E-state index in [1.807, 2.05) is 6.92 Å². The molecule has 1 rings (SSSR count). The van der Waals surface area contributed by atoms with Gasteiger partial charge in [-0.15, -0.1) is 0 Å². The molecule has 0 aromatic rings. The van der Waals surface area contributed by atoms with Crippen molar-refractivity contribution in [3.63, 3.8) is 0 Å². The van der Waals surface area contributed by atoms with Gasteiger partial charge < -0.3 is 4.74 Å². The molecular weight excluding hydrogens is 186 g/mol. The van der Waals surface area contributed by atoms with E-state index < -0.39 is 0 Å². The molecule has 0 heterocycles. The van der Waals surface area contributed by atoms with Crippen molar-refractivity contribution in [2.75, 3.05) is 13.2 Å². The van der Waals surface area contributed by atoms with Crippen molar-refractivity contribution in [2.45, 2.75) is 52.4 Å². The van der Waals surface area contributed by atoms with E-state index in [4.69, 9.17) is 4.74 Å². The summed E-state index contributed by atoms with van der Waals surface area (Å²) in [4.78, 5) is 0. The summed E-state index contributed by atoms with van der Waals surface area (Å²) in [6, 6.07) is 2.56. The molecular formula is C13H23NO. The van der Waals surface area contributed by atoms with Crippen molar-refractivity contribution >= 4 is 0 Å². The number of hydrogen-bond donors (Lipinski definition) is 0. The first-order valence-corrected chi connectivity index (χ1v) is 6.25. The zero-order chi connectivity index (χ0) is 11.1. The van der Waals surface area contributed by atoms with E-state index >= 15 is 0 Å². The van der Waals surface area contributed by atoms with Crippen LogP contribution in [0.1, 0.15) is 52.4 Å². The summed E-state index contributed by atoms with van der Waals surface area (Å²) in [5.41, 5.74) is -0.0161. The fraction of sp³-hybridized carbons (Fsp3) is 0.923. The highest BCUT2D eigenvalue weighted by molar-refractivity contribution is 5.03. The number of hydrogen-bond acceptors (Lipinski definition) is 2. The highest BCUT2D eigenvalue weighted by atomic mass is 16.5. The van der Waals surface area contributed by atoms with Gasteiger partial charge in [-0.25, -0.2) is 0 Å². The maximum absolute atomic E-state index is 9.30. The Bertz CT molecular complexity index is 221. The molecule has 2 heteroatoms. The predicted octanol–water partition coefficient (Wildman–Crippen LogP) is 3.52. The third-order valence-electron chi connectivity index (χ3n) is 3.67. The molecule has 0 radical (unpaired) electrons. The van der Waals surface area contributed by atoms with E-state index in [9.17, 15) is 5.26 Å². The number of ether oxygens (including phenoxy) is 1. The lowest BCUT2D eigenvalue weighted by Crippen LogP contribution is -2.15. The van der Waals surface area contributed by atoms with Gasteiger partial charge in [-0.3, -0.25) is 0 Å². The van der Waals surface area contributed by atoms with Crippen LogP contribution in [-0.2, 0) is 4.74 Å². The maximum Gasteiger partial charge on any atom is 0.0689 e. The van der Waals surface area contributed by atoms with Gasteiger partial charge in [0.15, 0.2) is 0 Å². The van der Waals surface area contributed by atoms with Gasteiger partial charge in [-0.1, -0.05) is 13.3 Å². The van der Waals surface area contributed by atoms with E-state index in [0.717, 1.165) is 44.8 Å². The van der Waals surface area contributed by atoms with Crippen LogP contribution in [0.15, 0.2) is 0 Å². The number of nitriles is 1. The minimum Gasteiger partial charge on any atom is -0.382 e. The third kappa shape index (κ3) is 3.50. The predicted molar refractivity (Wildman–Crippen MR) is 61.4 cm³/mol. The van der Waals surface area contributed by atoms with Gasteiger partial charge in [-0.2, -0.15) is 5.26 Å². The van der Waals surface area contributed by atoms with Gasteiger partial charge in [0, 0.05) is 13.2 Å². The largest absolute Gasteiger partial charge is 0.382 e. The fourth-order valence-electron chi connectivity index (χ4n) is 2.63. The van der Waals surface area contributed by atoms with Gasteiger partial charge in [0.25, 0.3) is 0 Å². The van der Waals surface area contributed by atoms with Crippen LogP contribution < -0.4 is 0 Å². The molecule has 1 aliphatic rings. The van der Waals surface area contributed by atoms with Crippen LogP contribution in [0, 0.1) is 22.7 Å². The molecule has 15 heavy (non-hydrogen) atoms. The fourth-order valence-corrected chi connectivity index (χ4v) is 2.63. The first-order valence-electron chi connectivity index (χ1n) is 6.25. The van der Waals surface area contributed by atoms with Gasteiger partial charge in [0.1, 0.15) is 0 Å². The summed E-state index contributed by atoms with van der Waals surface area (Å²) in [5.74, 6) is 0.789. The van der Waals surface area contributed by atoms with Crippen molar-refractivity contribution in [1.82, 2.24) is 0 Å². The Hall–Kier alpha value is -0.550. The lowest BCUT2D eigenvalue weighted by atomic mass is 9.82. The average Bonchev–Trinajstić information content (AvgIpc) is 2.69. The second-order valence-corrected chi connectivity index (χ2v) is 4.71. The van der Waals surface area contributed by atoms with E-state index in [1.54, 1.807) is 0 Å². The van der Waals surface area contributed by atoms with E-state index in [0.29, 0.717) is 0 Å². The second-order valence-electron chi connectivity index (χ2n) is 4.71. The average molecular weight is 209 g/mol. The van der Waals surface area contributed by atoms with E-state index in [-0.39, 0.29) is 5.41 Å². The molecule has 1 fully saturated rings. The number of nitrogens with zero attached hydrogens (tertiary/aromatic N) is 1. The van der Waals surface area contributed by atoms with Crippen molar-refractivity contribution in [1.29, 1.82) is 5.26 Å². The van der Waals surface area contributed by atoms with Crippen LogP contribution in [-0.4, -0.2) is 13.2 Å². The van der Waals surface area contributed by atoms with Gasteiger partial charge >= 0.3 is 0 Å². The van der Waals surface area contributed by atoms with Crippen LogP contribution in [0.4, 0.5) is 0 Å². The lowest BCUT2D eigenvalue weighted by molar-refractivity contribution is 0.134. The van der Waals surface area contributed by atoms with E-state index in [2.05, 4.69) is 13.0 Å². The molecule has 0 aliphatic heterocycles. The molecule has 0 saturated heterocycles. The Labute approximate surface area is 93.6 Å². The molecule has 0 bridgehead atoms. The standard InChI is InChI=1S/C13H23NO/c1-3-12-6-8-13(10-12,11-14)7-5-9-15-4-2/h12H,3-10H2,1-2H3. The second kappa shape index (κ2) is 6.12. The summed E-state index contributed by atoms with van der Waals surface area (Å²) in [5, 5.41) is 9.30. The Balaban J connectivity index is 2.32. The summed E-state index contributed by atoms with van der Waals surface area (Å²) in [6.45, 7) is 5.86. The molecule has 0 spiro atoms. The molecule has 2 atom stereocenters. The van der Waals surface area contributed by atoms with Crippen LogP contribution in [0.5, 0.6) is 0 Å². The summed E-state index contributed by atoms with van der Waals surface area (Å²) in [6.07, 6.45) is 6.77. The molecule has 0 aromatic heterocycles. The molecule has 1 saturated carbocycles. The Kier molecular flexibility index (Phi) is 5.11. The van der Waals surface area contributed by atoms with Gasteiger partial charge in [0.2, 0.25) is 0 Å². The quantitative estimate of drug-likeness (QED) is 0.627. The Morgan fingerprint density at radius 2 is 2.27 bits per heavy atom. The highest BCUT2D eigenvalue weighted by Gasteiger charge is 2.37. The minimum atomic E-state index is -0.0161. The van der Waals surface area contributed by atoms with E-state index in [1.165, 1.54) is 12.8 Å². The monoisotopic (exact) mass is 209 g/mol.